The number of carbonyl (C=O) groups is 2. The molecule has 0 aromatic heterocycles. The van der Waals surface area contributed by atoms with Crippen molar-refractivity contribution in [2.24, 2.45) is 5.92 Å². The Morgan fingerprint density at radius 3 is 2.43 bits per heavy atom. The zero-order chi connectivity index (χ0) is 29.7. The van der Waals surface area contributed by atoms with Gasteiger partial charge in [0.05, 0.1) is 24.8 Å². The van der Waals surface area contributed by atoms with Gasteiger partial charge in [-0.05, 0) is 67.9 Å². The third-order valence-corrected chi connectivity index (χ3v) is 9.21. The van der Waals surface area contributed by atoms with Gasteiger partial charge in [0.2, 0.25) is 11.8 Å². The first-order chi connectivity index (χ1) is 20.4. The van der Waals surface area contributed by atoms with Crippen LogP contribution in [0.25, 0.3) is 0 Å². The Morgan fingerprint density at radius 1 is 1.07 bits per heavy atom. The molecular weight excluding hydrogens is 532 g/mol. The van der Waals surface area contributed by atoms with Gasteiger partial charge in [0.25, 0.3) is 0 Å². The summed E-state index contributed by atoms with van der Waals surface area (Å²) in [6.45, 7) is 4.66. The number of carbonyl (C=O) groups excluding carboxylic acids is 2. The number of hydrogen-bond donors (Lipinski definition) is 2. The van der Waals surface area contributed by atoms with Gasteiger partial charge in [0.15, 0.2) is 11.5 Å². The van der Waals surface area contributed by atoms with Crippen molar-refractivity contribution < 1.29 is 24.2 Å². The molecule has 0 bridgehead atoms. The van der Waals surface area contributed by atoms with E-state index in [1.54, 1.807) is 30.2 Å². The smallest absolute Gasteiger partial charge is 0.248 e. The molecule has 2 aromatic carbocycles. The highest BCUT2D eigenvalue weighted by atomic mass is 16.5. The summed E-state index contributed by atoms with van der Waals surface area (Å²) in [5, 5.41) is 23.2. The second-order valence-corrected chi connectivity index (χ2v) is 11.9. The fourth-order valence-corrected chi connectivity index (χ4v) is 6.81. The van der Waals surface area contributed by atoms with Gasteiger partial charge in [0, 0.05) is 32.2 Å². The topological polar surface area (TPSA) is 115 Å². The molecule has 1 saturated carbocycles. The van der Waals surface area contributed by atoms with E-state index in [4.69, 9.17) is 14.7 Å². The molecular formula is C33H42N4O5. The quantitative estimate of drug-likeness (QED) is 0.457. The van der Waals surface area contributed by atoms with Gasteiger partial charge >= 0.3 is 0 Å². The minimum atomic E-state index is -0.857. The Hall–Kier alpha value is -3.61. The van der Waals surface area contributed by atoms with Crippen LogP contribution in [0.3, 0.4) is 0 Å². The van der Waals surface area contributed by atoms with Crippen LogP contribution in [0, 0.1) is 17.2 Å². The maximum Gasteiger partial charge on any atom is 0.248 e. The van der Waals surface area contributed by atoms with Crippen LogP contribution < -0.4 is 14.8 Å². The number of nitrogens with one attached hydrogen (secondary N) is 1. The molecule has 42 heavy (non-hydrogen) atoms. The van der Waals surface area contributed by atoms with Crippen molar-refractivity contribution >= 4 is 11.8 Å². The van der Waals surface area contributed by atoms with Crippen molar-refractivity contribution in [3.8, 4) is 23.3 Å². The fraction of sp³-hybridized carbons (Fsp3) is 0.545. The summed E-state index contributed by atoms with van der Waals surface area (Å²) in [6, 6.07) is 14.2. The highest BCUT2D eigenvalue weighted by Crippen LogP contribution is 2.37. The van der Waals surface area contributed by atoms with E-state index in [9.17, 15) is 14.7 Å². The third kappa shape index (κ3) is 6.11. The maximum atomic E-state index is 13.7. The summed E-state index contributed by atoms with van der Waals surface area (Å²) >= 11 is 0. The standard InChI is InChI=1S/C33H42N4O5/c1-3-17-37-31(39)29(30(38)25-7-5-4-6-8-25)35-32(40)33(37)15-18-36(19-16-33)22-23-9-12-26(13-10-23)42-27-14-11-24(21-34)20-28(27)41-2/h9-14,20,25,29-30,38H,3-8,15-19,22H2,1-2H3,(H,35,40)/t29-,30-/m1/s1. The minimum Gasteiger partial charge on any atom is -0.493 e. The van der Waals surface area contributed by atoms with Crippen LogP contribution in [-0.4, -0.2) is 71.1 Å². The van der Waals surface area contributed by atoms with Gasteiger partial charge in [-0.25, -0.2) is 0 Å². The number of amides is 2. The van der Waals surface area contributed by atoms with E-state index in [1.165, 1.54) is 6.42 Å². The number of rotatable bonds is 9. The zero-order valence-electron chi connectivity index (χ0n) is 24.7. The summed E-state index contributed by atoms with van der Waals surface area (Å²) in [7, 11) is 1.54. The van der Waals surface area contributed by atoms with Crippen molar-refractivity contribution in [1.82, 2.24) is 15.1 Å². The Kier molecular flexibility index (Phi) is 9.34. The number of benzene rings is 2. The summed E-state index contributed by atoms with van der Waals surface area (Å²) < 4.78 is 11.4. The van der Waals surface area contributed by atoms with E-state index in [1.807, 2.05) is 31.2 Å². The van der Waals surface area contributed by atoms with E-state index in [2.05, 4.69) is 16.3 Å². The number of nitrogens with zero attached hydrogens (tertiary/aromatic N) is 3. The molecule has 2 saturated heterocycles. The largest absolute Gasteiger partial charge is 0.493 e. The molecule has 2 aromatic rings. The number of piperidine rings is 1. The lowest BCUT2D eigenvalue weighted by molar-refractivity contribution is -0.165. The molecule has 224 valence electrons. The van der Waals surface area contributed by atoms with E-state index in [0.717, 1.165) is 44.2 Å². The Bertz CT molecular complexity index is 1290. The van der Waals surface area contributed by atoms with E-state index >= 15 is 0 Å². The van der Waals surface area contributed by atoms with Crippen LogP contribution in [0.4, 0.5) is 0 Å². The highest BCUT2D eigenvalue weighted by molar-refractivity contribution is 6.00. The van der Waals surface area contributed by atoms with Crippen LogP contribution in [0.2, 0.25) is 0 Å². The van der Waals surface area contributed by atoms with E-state index in [-0.39, 0.29) is 17.7 Å². The van der Waals surface area contributed by atoms with Gasteiger partial charge in [-0.15, -0.1) is 0 Å². The Labute approximate surface area is 248 Å². The highest BCUT2D eigenvalue weighted by Gasteiger charge is 2.55. The lowest BCUT2D eigenvalue weighted by Gasteiger charge is -2.52. The average Bonchev–Trinajstić information content (AvgIpc) is 3.03. The number of aliphatic hydroxyl groups is 1. The molecule has 3 fully saturated rings. The minimum absolute atomic E-state index is 0.0651. The van der Waals surface area contributed by atoms with Crippen LogP contribution in [0.15, 0.2) is 42.5 Å². The molecule has 2 amide bonds. The number of aliphatic hydroxyl groups excluding tert-OH is 1. The number of nitriles is 1. The van der Waals surface area contributed by atoms with Crippen LogP contribution >= 0.6 is 0 Å². The second-order valence-electron chi connectivity index (χ2n) is 11.9. The molecule has 9 nitrogen and oxygen atoms in total. The van der Waals surface area contributed by atoms with E-state index < -0.39 is 17.7 Å². The first kappa shape index (κ1) is 29.9. The molecule has 2 atom stereocenters. The van der Waals surface area contributed by atoms with Crippen molar-refractivity contribution in [3.05, 3.63) is 53.6 Å². The molecule has 3 aliphatic rings. The van der Waals surface area contributed by atoms with Gasteiger partial charge in [-0.1, -0.05) is 38.3 Å². The average molecular weight is 575 g/mol. The predicted octanol–water partition coefficient (Wildman–Crippen LogP) is 4.37. The van der Waals surface area contributed by atoms with Gasteiger partial charge in [-0.3, -0.25) is 14.5 Å². The zero-order valence-corrected chi connectivity index (χ0v) is 24.7. The number of piperazine rings is 1. The summed E-state index contributed by atoms with van der Waals surface area (Å²) in [6.07, 6.45) is 6.18. The lowest BCUT2D eigenvalue weighted by atomic mass is 9.78. The molecule has 1 spiro atoms. The summed E-state index contributed by atoms with van der Waals surface area (Å²) in [5.74, 6) is 1.52. The molecule has 5 rings (SSSR count). The van der Waals surface area contributed by atoms with Crippen LogP contribution in [-0.2, 0) is 16.1 Å². The van der Waals surface area contributed by atoms with Crippen LogP contribution in [0.5, 0.6) is 17.2 Å². The first-order valence-corrected chi connectivity index (χ1v) is 15.3. The number of methoxy groups -OCH3 is 1. The number of likely N-dealkylation sites (tertiary alicyclic amines) is 1. The third-order valence-electron chi connectivity index (χ3n) is 9.21. The molecule has 2 heterocycles. The normalized spacial score (nSPS) is 22.0. The van der Waals surface area contributed by atoms with Crippen LogP contribution in [0.1, 0.15) is 69.4 Å². The van der Waals surface area contributed by atoms with Crippen molar-refractivity contribution in [3.63, 3.8) is 0 Å². The first-order valence-electron chi connectivity index (χ1n) is 15.3. The summed E-state index contributed by atoms with van der Waals surface area (Å²) in [4.78, 5) is 31.5. The van der Waals surface area contributed by atoms with E-state index in [0.29, 0.717) is 55.3 Å². The van der Waals surface area contributed by atoms with Gasteiger partial charge in [0.1, 0.15) is 17.3 Å². The molecule has 0 unspecified atom stereocenters. The SMILES string of the molecule is CCCN1C(=O)[C@@H]([C@H](O)C2CCCCC2)NC(=O)C12CCN(Cc1ccc(Oc3ccc(C#N)cc3OC)cc1)CC2. The van der Waals surface area contributed by atoms with Crippen molar-refractivity contribution in [1.29, 1.82) is 5.26 Å². The van der Waals surface area contributed by atoms with Crippen molar-refractivity contribution in [2.75, 3.05) is 26.7 Å². The summed E-state index contributed by atoms with van der Waals surface area (Å²) in [5.41, 5.74) is 0.766. The second kappa shape index (κ2) is 13.1. The molecule has 0 radical (unpaired) electrons. The van der Waals surface area contributed by atoms with Crippen molar-refractivity contribution in [2.45, 2.75) is 82.5 Å². The molecule has 2 N–H and O–H groups in total. The molecule has 9 heteroatoms. The Balaban J connectivity index is 1.20. The lowest BCUT2D eigenvalue weighted by Crippen LogP contribution is -2.75. The molecule has 1 aliphatic carbocycles. The Morgan fingerprint density at radius 2 is 1.79 bits per heavy atom. The number of hydrogen-bond acceptors (Lipinski definition) is 7. The monoisotopic (exact) mass is 574 g/mol. The fourth-order valence-electron chi connectivity index (χ4n) is 6.81. The predicted molar refractivity (Wildman–Crippen MR) is 158 cm³/mol. The van der Waals surface area contributed by atoms with Gasteiger partial charge < -0.3 is 24.8 Å². The maximum absolute atomic E-state index is 13.7. The molecule has 2 aliphatic heterocycles. The number of ether oxygens (including phenoxy) is 2. The van der Waals surface area contributed by atoms with Gasteiger partial charge in [-0.2, -0.15) is 5.26 Å².